The average Bonchev–Trinajstić information content (AvgIpc) is 3.04. The first kappa shape index (κ1) is 16.8. The second-order valence-corrected chi connectivity index (χ2v) is 6.10. The van der Waals surface area contributed by atoms with E-state index in [0.717, 1.165) is 16.9 Å². The van der Waals surface area contributed by atoms with Crippen LogP contribution >= 0.6 is 11.3 Å². The lowest BCUT2D eigenvalue weighted by Gasteiger charge is -2.13. The molecule has 0 spiro atoms. The minimum Gasteiger partial charge on any atom is -0.476 e. The second kappa shape index (κ2) is 6.86. The normalized spacial score (nSPS) is 10.6. The van der Waals surface area contributed by atoms with Crippen molar-refractivity contribution in [1.29, 1.82) is 0 Å². The van der Waals surface area contributed by atoms with Crippen molar-refractivity contribution in [1.82, 2.24) is 9.97 Å². The Bertz CT molecular complexity index is 968. The van der Waals surface area contributed by atoms with Gasteiger partial charge < -0.3 is 15.2 Å². The second-order valence-electron chi connectivity index (χ2n) is 5.25. The third kappa shape index (κ3) is 3.29. The topological polar surface area (TPSA) is 101 Å². The summed E-state index contributed by atoms with van der Waals surface area (Å²) in [7, 11) is 0. The number of carboxylic acids is 1. The largest absolute Gasteiger partial charge is 0.476 e. The fraction of sp³-hybridized carbons (Fsp3) is 0.176. The van der Waals surface area contributed by atoms with Crippen LogP contribution in [0, 0.1) is 6.92 Å². The van der Waals surface area contributed by atoms with E-state index in [9.17, 15) is 14.7 Å². The Kier molecular flexibility index (Phi) is 4.62. The van der Waals surface area contributed by atoms with Crippen LogP contribution in [0.3, 0.4) is 0 Å². The number of hydrogen-bond donors (Lipinski definition) is 2. The predicted octanol–water partition coefficient (Wildman–Crippen LogP) is 3.62. The fourth-order valence-electron chi connectivity index (χ4n) is 2.41. The molecule has 0 aliphatic rings. The summed E-state index contributed by atoms with van der Waals surface area (Å²) >= 11 is 1.14. The number of esters is 1. The number of carbonyl (C=O) groups excluding carboxylic acids is 1. The summed E-state index contributed by atoms with van der Waals surface area (Å²) in [5.74, 6) is -1.67. The molecule has 0 aliphatic carbocycles. The van der Waals surface area contributed by atoms with Gasteiger partial charge in [-0.25, -0.2) is 14.6 Å². The maximum absolute atomic E-state index is 12.3. The van der Waals surface area contributed by atoms with Crippen molar-refractivity contribution in [2.45, 2.75) is 13.8 Å². The van der Waals surface area contributed by atoms with Crippen molar-refractivity contribution in [3.63, 3.8) is 0 Å². The highest BCUT2D eigenvalue weighted by atomic mass is 32.1. The number of aromatic nitrogens is 2. The van der Waals surface area contributed by atoms with Crippen LogP contribution in [-0.4, -0.2) is 33.6 Å². The molecular formula is C17H15N3O4S. The minimum atomic E-state index is -1.14. The van der Waals surface area contributed by atoms with Crippen molar-refractivity contribution in [2.75, 3.05) is 11.9 Å². The first-order valence-corrected chi connectivity index (χ1v) is 8.39. The Morgan fingerprint density at radius 2 is 2.12 bits per heavy atom. The number of nitrogens with one attached hydrogen (secondary N) is 1. The molecule has 7 nitrogen and oxygen atoms in total. The highest BCUT2D eigenvalue weighted by molar-refractivity contribution is 7.14. The van der Waals surface area contributed by atoms with Gasteiger partial charge in [-0.15, -0.1) is 11.3 Å². The Labute approximate surface area is 147 Å². The molecule has 25 heavy (non-hydrogen) atoms. The number of aromatic carboxylic acids is 1. The van der Waals surface area contributed by atoms with E-state index in [1.807, 2.05) is 25.1 Å². The highest BCUT2D eigenvalue weighted by Crippen LogP contribution is 2.33. The molecule has 8 heteroatoms. The summed E-state index contributed by atoms with van der Waals surface area (Å²) < 4.78 is 5.10. The lowest BCUT2D eigenvalue weighted by Crippen LogP contribution is -2.10. The molecule has 0 fully saturated rings. The van der Waals surface area contributed by atoms with Crippen LogP contribution in [0.25, 0.3) is 10.9 Å². The number of rotatable bonds is 5. The molecule has 0 amide bonds. The van der Waals surface area contributed by atoms with Gasteiger partial charge in [-0.2, -0.15) is 0 Å². The zero-order valence-electron chi connectivity index (χ0n) is 13.6. The lowest BCUT2D eigenvalue weighted by atomic mass is 10.1. The molecule has 0 atom stereocenters. The van der Waals surface area contributed by atoms with Gasteiger partial charge in [0.05, 0.1) is 23.3 Å². The quantitative estimate of drug-likeness (QED) is 0.672. The summed E-state index contributed by atoms with van der Waals surface area (Å²) in [6.45, 7) is 3.87. The van der Waals surface area contributed by atoms with Gasteiger partial charge in [0.1, 0.15) is 10.6 Å². The van der Waals surface area contributed by atoms with E-state index in [1.165, 1.54) is 11.7 Å². The van der Waals surface area contributed by atoms with Crippen molar-refractivity contribution in [3.05, 3.63) is 46.7 Å². The van der Waals surface area contributed by atoms with Crippen molar-refractivity contribution in [3.8, 4) is 0 Å². The average molecular weight is 357 g/mol. The summed E-state index contributed by atoms with van der Waals surface area (Å²) in [6, 6.07) is 5.64. The third-order valence-corrected chi connectivity index (χ3v) is 4.27. The van der Waals surface area contributed by atoms with Gasteiger partial charge in [-0.05, 0) is 26.0 Å². The number of ether oxygens (including phenoxy) is 1. The summed E-state index contributed by atoms with van der Waals surface area (Å²) in [5, 5.41) is 13.3. The molecule has 2 N–H and O–H groups in total. The number of thiazole rings is 1. The molecule has 3 rings (SSSR count). The van der Waals surface area contributed by atoms with E-state index in [1.54, 1.807) is 6.92 Å². The van der Waals surface area contributed by atoms with Crippen molar-refractivity contribution in [2.24, 2.45) is 0 Å². The summed E-state index contributed by atoms with van der Waals surface area (Å²) in [6.07, 6.45) is 1.43. The Balaban J connectivity index is 2.19. The van der Waals surface area contributed by atoms with Gasteiger partial charge in [0.2, 0.25) is 0 Å². The van der Waals surface area contributed by atoms with Gasteiger partial charge in [0.15, 0.2) is 5.69 Å². The van der Waals surface area contributed by atoms with Crippen LogP contribution in [-0.2, 0) is 4.74 Å². The number of anilines is 2. The molecule has 2 aromatic heterocycles. The third-order valence-electron chi connectivity index (χ3n) is 3.53. The molecule has 128 valence electrons. The zero-order valence-corrected chi connectivity index (χ0v) is 14.4. The standard InChI is InChI=1S/C17H15N3O4S/c1-3-24-17(23)11-7-18-12-5-4-9(2)6-10(12)13(11)20-15-14(16(21)22)19-8-25-15/h4-8H,3H2,1-2H3,(H,18,20)(H,21,22). The number of fused-ring (bicyclic) bond motifs is 1. The zero-order chi connectivity index (χ0) is 18.0. The van der Waals surface area contributed by atoms with Gasteiger partial charge in [-0.1, -0.05) is 11.6 Å². The molecule has 2 heterocycles. The SMILES string of the molecule is CCOC(=O)c1cnc2ccc(C)cc2c1Nc1scnc1C(=O)O. The van der Waals surface area contributed by atoms with Gasteiger partial charge in [0.25, 0.3) is 0 Å². The van der Waals surface area contributed by atoms with E-state index >= 15 is 0 Å². The smallest absolute Gasteiger partial charge is 0.357 e. The molecule has 1 aromatic carbocycles. The lowest BCUT2D eigenvalue weighted by molar-refractivity contribution is 0.0527. The first-order valence-electron chi connectivity index (χ1n) is 7.51. The summed E-state index contributed by atoms with van der Waals surface area (Å²) in [4.78, 5) is 31.8. The van der Waals surface area contributed by atoms with Crippen LogP contribution in [0.1, 0.15) is 33.3 Å². The molecular weight excluding hydrogens is 342 g/mol. The number of pyridine rings is 1. The molecule has 0 unspecified atom stereocenters. The highest BCUT2D eigenvalue weighted by Gasteiger charge is 2.20. The number of benzene rings is 1. The Morgan fingerprint density at radius 1 is 1.32 bits per heavy atom. The van der Waals surface area contributed by atoms with Crippen LogP contribution in [0.2, 0.25) is 0 Å². The maximum atomic E-state index is 12.3. The fourth-order valence-corrected chi connectivity index (χ4v) is 3.08. The van der Waals surface area contributed by atoms with Crippen LogP contribution in [0.4, 0.5) is 10.7 Å². The van der Waals surface area contributed by atoms with E-state index in [2.05, 4.69) is 15.3 Å². The maximum Gasteiger partial charge on any atom is 0.357 e. The predicted molar refractivity (Wildman–Crippen MR) is 94.8 cm³/mol. The first-order chi connectivity index (χ1) is 12.0. The van der Waals surface area contributed by atoms with Crippen LogP contribution < -0.4 is 5.32 Å². The van der Waals surface area contributed by atoms with E-state index < -0.39 is 11.9 Å². The van der Waals surface area contributed by atoms with Gasteiger partial charge in [-0.3, -0.25) is 4.98 Å². The molecule has 3 aromatic rings. The molecule has 0 bridgehead atoms. The van der Waals surface area contributed by atoms with E-state index in [-0.39, 0.29) is 17.9 Å². The van der Waals surface area contributed by atoms with E-state index in [4.69, 9.17) is 4.74 Å². The Morgan fingerprint density at radius 3 is 2.84 bits per heavy atom. The molecule has 0 saturated carbocycles. The van der Waals surface area contributed by atoms with Crippen LogP contribution in [0.15, 0.2) is 29.9 Å². The number of nitrogens with zero attached hydrogens (tertiary/aromatic N) is 2. The van der Waals surface area contributed by atoms with Crippen molar-refractivity contribution < 1.29 is 19.4 Å². The monoisotopic (exact) mass is 357 g/mol. The minimum absolute atomic E-state index is 0.0996. The Hall–Kier alpha value is -3.00. The summed E-state index contributed by atoms with van der Waals surface area (Å²) in [5.41, 5.74) is 3.70. The number of hydrogen-bond acceptors (Lipinski definition) is 7. The van der Waals surface area contributed by atoms with Crippen molar-refractivity contribution >= 4 is 44.9 Å². The van der Waals surface area contributed by atoms with Gasteiger partial charge >= 0.3 is 11.9 Å². The number of carboxylic acid groups (broad SMARTS) is 1. The number of aryl methyl sites for hydroxylation is 1. The van der Waals surface area contributed by atoms with Crippen LogP contribution in [0.5, 0.6) is 0 Å². The number of carbonyl (C=O) groups is 2. The molecule has 0 radical (unpaired) electrons. The van der Waals surface area contributed by atoms with E-state index in [0.29, 0.717) is 21.6 Å². The van der Waals surface area contributed by atoms with Gasteiger partial charge in [0, 0.05) is 11.6 Å². The molecule has 0 aliphatic heterocycles. The molecule has 0 saturated heterocycles.